The van der Waals surface area contributed by atoms with E-state index in [-0.39, 0.29) is 29.7 Å². The molecule has 1 saturated heterocycles. The highest BCUT2D eigenvalue weighted by Crippen LogP contribution is 2.47. The van der Waals surface area contributed by atoms with Gasteiger partial charge in [0.15, 0.2) is 5.65 Å². The third-order valence-corrected chi connectivity index (χ3v) is 6.27. The molecule has 0 radical (unpaired) electrons. The van der Waals surface area contributed by atoms with Crippen LogP contribution in [0.3, 0.4) is 0 Å². The molecule has 1 saturated carbocycles. The lowest BCUT2D eigenvalue weighted by Gasteiger charge is -2.33. The number of aromatic nitrogens is 4. The zero-order valence-corrected chi connectivity index (χ0v) is 18.3. The number of amides is 2. The van der Waals surface area contributed by atoms with Crippen molar-refractivity contribution in [3.8, 4) is 0 Å². The van der Waals surface area contributed by atoms with E-state index in [1.807, 2.05) is 35.7 Å². The van der Waals surface area contributed by atoms with Crippen LogP contribution in [0.15, 0.2) is 36.7 Å². The van der Waals surface area contributed by atoms with Crippen molar-refractivity contribution in [2.24, 2.45) is 5.92 Å². The number of nitrogens with zero attached hydrogens (tertiary/aromatic N) is 5. The van der Waals surface area contributed by atoms with Crippen molar-refractivity contribution in [2.45, 2.75) is 45.1 Å². The van der Waals surface area contributed by atoms with E-state index in [0.29, 0.717) is 11.5 Å². The Kier molecular flexibility index (Phi) is 5.24. The molecule has 1 aliphatic carbocycles. The lowest BCUT2D eigenvalue weighted by atomic mass is 10.1. The average molecular weight is 434 g/mol. The SMILES string of the molecule is CC(=O)NC1CCN(c2cc(NC(=O)C3CC3c3ccncc3)nc3cc(C)nn23)CC1. The smallest absolute Gasteiger partial charge is 0.229 e. The summed E-state index contributed by atoms with van der Waals surface area (Å²) in [5, 5.41) is 10.6. The average Bonchev–Trinajstić information content (AvgIpc) is 3.49. The Morgan fingerprint density at radius 1 is 1.12 bits per heavy atom. The van der Waals surface area contributed by atoms with Gasteiger partial charge in [0, 0.05) is 56.5 Å². The molecule has 0 aromatic carbocycles. The monoisotopic (exact) mass is 433 g/mol. The van der Waals surface area contributed by atoms with Crippen LogP contribution in [0.2, 0.25) is 0 Å². The van der Waals surface area contributed by atoms with E-state index in [1.165, 1.54) is 0 Å². The van der Waals surface area contributed by atoms with E-state index in [0.717, 1.165) is 49.4 Å². The number of anilines is 2. The van der Waals surface area contributed by atoms with Gasteiger partial charge in [-0.1, -0.05) is 0 Å². The third kappa shape index (κ3) is 4.15. The predicted molar refractivity (Wildman–Crippen MR) is 120 cm³/mol. The van der Waals surface area contributed by atoms with Gasteiger partial charge in [0.25, 0.3) is 0 Å². The van der Waals surface area contributed by atoms with Crippen LogP contribution in [-0.4, -0.2) is 50.5 Å². The molecule has 2 amide bonds. The molecule has 1 aliphatic heterocycles. The number of hydrogen-bond acceptors (Lipinski definition) is 6. The molecule has 9 heteroatoms. The molecule has 3 aromatic rings. The first-order valence-corrected chi connectivity index (χ1v) is 11.1. The zero-order valence-electron chi connectivity index (χ0n) is 18.3. The summed E-state index contributed by atoms with van der Waals surface area (Å²) in [5.41, 5.74) is 2.73. The molecule has 0 bridgehead atoms. The number of piperidine rings is 1. The first-order valence-electron chi connectivity index (χ1n) is 11.1. The molecule has 166 valence electrons. The predicted octanol–water partition coefficient (Wildman–Crippen LogP) is 2.28. The second-order valence-electron chi connectivity index (χ2n) is 8.74. The van der Waals surface area contributed by atoms with Crippen molar-refractivity contribution in [3.63, 3.8) is 0 Å². The van der Waals surface area contributed by atoms with Gasteiger partial charge in [0.2, 0.25) is 11.8 Å². The van der Waals surface area contributed by atoms with Gasteiger partial charge in [-0.2, -0.15) is 9.61 Å². The molecule has 4 heterocycles. The molecule has 2 atom stereocenters. The molecule has 5 rings (SSSR count). The van der Waals surface area contributed by atoms with Crippen LogP contribution in [0, 0.1) is 12.8 Å². The fourth-order valence-corrected chi connectivity index (χ4v) is 4.59. The minimum Gasteiger partial charge on any atom is -0.356 e. The highest BCUT2D eigenvalue weighted by Gasteiger charge is 2.44. The maximum absolute atomic E-state index is 12.9. The number of fused-ring (bicyclic) bond motifs is 1. The van der Waals surface area contributed by atoms with Crippen molar-refractivity contribution in [1.82, 2.24) is 24.9 Å². The zero-order chi connectivity index (χ0) is 22.2. The molecule has 9 nitrogen and oxygen atoms in total. The van der Waals surface area contributed by atoms with Crippen LogP contribution in [0.1, 0.15) is 43.4 Å². The summed E-state index contributed by atoms with van der Waals surface area (Å²) in [7, 11) is 0. The number of carbonyl (C=O) groups excluding carboxylic acids is 2. The quantitative estimate of drug-likeness (QED) is 0.640. The Morgan fingerprint density at radius 2 is 1.88 bits per heavy atom. The van der Waals surface area contributed by atoms with E-state index in [4.69, 9.17) is 0 Å². The van der Waals surface area contributed by atoms with Crippen molar-refractivity contribution < 1.29 is 9.59 Å². The Balaban J connectivity index is 1.34. The Labute approximate surface area is 186 Å². The minimum atomic E-state index is -0.0427. The summed E-state index contributed by atoms with van der Waals surface area (Å²) in [4.78, 5) is 35.2. The van der Waals surface area contributed by atoms with E-state index in [1.54, 1.807) is 19.3 Å². The minimum absolute atomic E-state index is 0.00443. The van der Waals surface area contributed by atoms with E-state index in [2.05, 4.69) is 30.6 Å². The van der Waals surface area contributed by atoms with Gasteiger partial charge in [0.05, 0.1) is 5.69 Å². The standard InChI is InChI=1S/C23H27N7O2/c1-14-11-21-26-20(27-23(32)19-12-18(19)16-3-7-24-8-4-16)13-22(30(21)28-14)29-9-5-17(6-10-29)25-15(2)31/h3-4,7-8,11,13,17-19H,5-6,9-10,12H2,1-2H3,(H,25,31)(H,26,27,32). The van der Waals surface area contributed by atoms with E-state index >= 15 is 0 Å². The largest absolute Gasteiger partial charge is 0.356 e. The van der Waals surface area contributed by atoms with Gasteiger partial charge in [0.1, 0.15) is 11.6 Å². The summed E-state index contributed by atoms with van der Waals surface area (Å²) < 4.78 is 1.83. The Bertz CT molecular complexity index is 1150. The maximum atomic E-state index is 12.9. The summed E-state index contributed by atoms with van der Waals surface area (Å²) in [6.07, 6.45) is 6.10. The molecule has 2 fully saturated rings. The first kappa shape index (κ1) is 20.4. The van der Waals surface area contributed by atoms with Gasteiger partial charge in [-0.15, -0.1) is 0 Å². The Hall–Kier alpha value is -3.49. The number of hydrogen-bond donors (Lipinski definition) is 2. The highest BCUT2D eigenvalue weighted by atomic mass is 16.2. The molecule has 2 aliphatic rings. The number of rotatable bonds is 5. The van der Waals surface area contributed by atoms with Gasteiger partial charge >= 0.3 is 0 Å². The van der Waals surface area contributed by atoms with Crippen molar-refractivity contribution in [3.05, 3.63) is 47.9 Å². The van der Waals surface area contributed by atoms with Crippen LogP contribution in [-0.2, 0) is 9.59 Å². The van der Waals surface area contributed by atoms with Gasteiger partial charge in [-0.3, -0.25) is 14.6 Å². The van der Waals surface area contributed by atoms with E-state index in [9.17, 15) is 9.59 Å². The van der Waals surface area contributed by atoms with Crippen molar-refractivity contribution in [2.75, 3.05) is 23.3 Å². The molecular weight excluding hydrogens is 406 g/mol. The normalized spacial score (nSPS) is 20.9. The topological polar surface area (TPSA) is 105 Å². The van der Waals surface area contributed by atoms with Gasteiger partial charge in [-0.25, -0.2) is 4.98 Å². The summed E-state index contributed by atoms with van der Waals surface area (Å²) in [6.45, 7) is 5.08. The second kappa shape index (κ2) is 8.22. The molecule has 32 heavy (non-hydrogen) atoms. The third-order valence-electron chi connectivity index (χ3n) is 6.27. The molecule has 2 unspecified atom stereocenters. The lowest BCUT2D eigenvalue weighted by Crippen LogP contribution is -2.44. The van der Waals surface area contributed by atoms with Crippen molar-refractivity contribution in [1.29, 1.82) is 0 Å². The van der Waals surface area contributed by atoms with E-state index < -0.39 is 0 Å². The first-order chi connectivity index (χ1) is 15.5. The Morgan fingerprint density at radius 3 is 2.59 bits per heavy atom. The van der Waals surface area contributed by atoms with Crippen LogP contribution < -0.4 is 15.5 Å². The molecule has 2 N–H and O–H groups in total. The van der Waals surface area contributed by atoms with Crippen LogP contribution in [0.5, 0.6) is 0 Å². The van der Waals surface area contributed by atoms with Gasteiger partial charge < -0.3 is 15.5 Å². The number of aryl methyl sites for hydroxylation is 1. The second-order valence-corrected chi connectivity index (χ2v) is 8.74. The molecule has 3 aromatic heterocycles. The summed E-state index contributed by atoms with van der Waals surface area (Å²) in [5.74, 6) is 1.65. The fourth-order valence-electron chi connectivity index (χ4n) is 4.59. The number of nitrogens with one attached hydrogen (secondary N) is 2. The maximum Gasteiger partial charge on any atom is 0.229 e. The summed E-state index contributed by atoms with van der Waals surface area (Å²) >= 11 is 0. The van der Waals surface area contributed by atoms with Crippen LogP contribution >= 0.6 is 0 Å². The fraction of sp³-hybridized carbons (Fsp3) is 0.435. The van der Waals surface area contributed by atoms with Crippen molar-refractivity contribution >= 4 is 29.1 Å². The van der Waals surface area contributed by atoms with Crippen LogP contribution in [0.25, 0.3) is 5.65 Å². The highest BCUT2D eigenvalue weighted by molar-refractivity contribution is 5.95. The summed E-state index contributed by atoms with van der Waals surface area (Å²) in [6, 6.07) is 7.96. The molecule has 0 spiro atoms. The number of pyridine rings is 1. The lowest BCUT2D eigenvalue weighted by molar-refractivity contribution is -0.120. The van der Waals surface area contributed by atoms with Crippen LogP contribution in [0.4, 0.5) is 11.6 Å². The van der Waals surface area contributed by atoms with Gasteiger partial charge in [-0.05, 0) is 49.8 Å². The number of carbonyl (C=O) groups is 2. The molecular formula is C23H27N7O2.